The molecule has 0 radical (unpaired) electrons. The van der Waals surface area contributed by atoms with Crippen LogP contribution in [0.4, 0.5) is 0 Å². The van der Waals surface area contributed by atoms with Crippen LogP contribution in [-0.4, -0.2) is 109 Å². The molecule has 0 unspecified atom stereocenters. The van der Waals surface area contributed by atoms with Crippen molar-refractivity contribution in [2.75, 3.05) is 54.1 Å². The molecule has 0 aromatic heterocycles. The van der Waals surface area contributed by atoms with Crippen molar-refractivity contribution in [2.45, 2.75) is 102 Å². The lowest BCUT2D eigenvalue weighted by atomic mass is 9.45. The summed E-state index contributed by atoms with van der Waals surface area (Å²) in [6, 6.07) is 8.71. The van der Waals surface area contributed by atoms with Gasteiger partial charge in [-0.15, -0.1) is 0 Å². The summed E-state index contributed by atoms with van der Waals surface area (Å²) in [5.74, 6) is -0.987. The number of hydrogen-bond donors (Lipinski definition) is 8. The Balaban J connectivity index is 1.43. The second kappa shape index (κ2) is 21.2. The molecule has 1 aromatic carbocycles. The van der Waals surface area contributed by atoms with E-state index in [1.807, 2.05) is 46.2 Å². The fourth-order valence-corrected chi connectivity index (χ4v) is 11.2. The van der Waals surface area contributed by atoms with Crippen LogP contribution in [0, 0.1) is 35.0 Å². The van der Waals surface area contributed by atoms with E-state index in [4.69, 9.17) is 4.74 Å². The molecular weight excluding hydrogens is 743 g/mol. The zero-order chi connectivity index (χ0) is 42.8. The number of carbonyl (C=O) groups is 1. The first-order valence-corrected chi connectivity index (χ1v) is 21.9. The third kappa shape index (κ3) is 10.2. The van der Waals surface area contributed by atoms with Crippen molar-refractivity contribution in [1.82, 2.24) is 16.0 Å². The third-order valence-corrected chi connectivity index (χ3v) is 14.5. The van der Waals surface area contributed by atoms with Crippen molar-refractivity contribution >= 4 is 6.29 Å². The molecule has 10 nitrogen and oxygen atoms in total. The Hall–Kier alpha value is -3.03. The molecule has 2 saturated carbocycles. The van der Waals surface area contributed by atoms with Crippen LogP contribution in [0.1, 0.15) is 76.3 Å². The van der Waals surface area contributed by atoms with Crippen LogP contribution in [0.5, 0.6) is 0 Å². The van der Waals surface area contributed by atoms with E-state index in [0.29, 0.717) is 62.8 Å². The van der Waals surface area contributed by atoms with Crippen molar-refractivity contribution in [2.24, 2.45) is 35.0 Å². The summed E-state index contributed by atoms with van der Waals surface area (Å²) < 4.78 is 5.52. The maximum absolute atomic E-state index is 12.8. The molecule has 0 amide bonds. The smallest absolute Gasteiger partial charge is 0.145 e. The number of ether oxygens (including phenoxy) is 1. The van der Waals surface area contributed by atoms with Gasteiger partial charge in [-0.3, -0.25) is 10.1 Å². The Morgan fingerprint density at radius 1 is 1.08 bits per heavy atom. The molecule has 3 aliphatic carbocycles. The number of benzene rings is 1. The maximum atomic E-state index is 12.8. The number of aldehydes is 1. The normalized spacial score (nSPS) is 35.6. The van der Waals surface area contributed by atoms with E-state index in [1.165, 1.54) is 11.1 Å². The number of carbonyl (C=O) groups excluding carboxylic acids is 1. The molecule has 326 valence electrons. The first-order valence-electron chi connectivity index (χ1n) is 21.9. The Morgan fingerprint density at radius 3 is 2.53 bits per heavy atom. The monoisotopic (exact) mass is 816 g/mol. The van der Waals surface area contributed by atoms with Crippen LogP contribution in [0.15, 0.2) is 95.2 Å². The minimum absolute atomic E-state index is 0.0448. The molecule has 1 heterocycles. The fraction of sp³-hybridized carbons (Fsp3) is 0.612. The molecule has 2 fully saturated rings. The third-order valence-electron chi connectivity index (χ3n) is 14.5. The Labute approximate surface area is 353 Å². The highest BCUT2D eigenvalue weighted by Gasteiger charge is 2.68. The summed E-state index contributed by atoms with van der Waals surface area (Å²) in [5.41, 5.74) is 3.87. The van der Waals surface area contributed by atoms with Gasteiger partial charge in [0.25, 0.3) is 0 Å². The van der Waals surface area contributed by atoms with E-state index in [2.05, 4.69) is 65.0 Å². The fourth-order valence-electron chi connectivity index (χ4n) is 11.2. The van der Waals surface area contributed by atoms with Crippen LogP contribution < -0.4 is 16.0 Å². The molecule has 1 spiro atoms. The zero-order valence-electron chi connectivity index (χ0n) is 36.3. The SMILES string of the molecule is C=C(/C=C/C=C(/CO)[C@@H]1CC[C@]2([C@@H]1O)[C@@H]1C(=C(C)C=O)[C@@H](C=C[C@H]1CCO)C[C@]2(O)CCNC)[C@H]1C/C=C(\C)[C@@H](O)N[C@@](CCNC)(CCOC)Cc2cccc(c2)C1. The second-order valence-electron chi connectivity index (χ2n) is 18.0. The van der Waals surface area contributed by atoms with E-state index < -0.39 is 29.3 Å². The van der Waals surface area contributed by atoms with Gasteiger partial charge in [-0.05, 0) is 151 Å². The molecule has 59 heavy (non-hydrogen) atoms. The number of hydrogen-bond acceptors (Lipinski definition) is 10. The first kappa shape index (κ1) is 47.0. The molecular formula is C49H73N3O7. The molecule has 10 heteroatoms. The van der Waals surface area contributed by atoms with Gasteiger partial charge in [-0.2, -0.15) is 0 Å². The number of fused-ring (bicyclic) bond motifs is 5. The number of methoxy groups -OCH3 is 1. The van der Waals surface area contributed by atoms with Crippen molar-refractivity contribution in [3.8, 4) is 0 Å². The molecule has 0 saturated heterocycles. The minimum Gasteiger partial charge on any atom is -0.396 e. The van der Waals surface area contributed by atoms with Crippen LogP contribution in [0.3, 0.4) is 0 Å². The zero-order valence-corrected chi connectivity index (χ0v) is 36.3. The van der Waals surface area contributed by atoms with E-state index in [-0.39, 0.29) is 42.4 Å². The van der Waals surface area contributed by atoms with Gasteiger partial charge < -0.3 is 40.9 Å². The quantitative estimate of drug-likeness (QED) is 0.0471. The highest BCUT2D eigenvalue weighted by atomic mass is 16.5. The largest absolute Gasteiger partial charge is 0.396 e. The predicted molar refractivity (Wildman–Crippen MR) is 235 cm³/mol. The van der Waals surface area contributed by atoms with Crippen LogP contribution in [0.2, 0.25) is 0 Å². The van der Waals surface area contributed by atoms with Gasteiger partial charge in [-0.25, -0.2) is 0 Å². The van der Waals surface area contributed by atoms with E-state index in [9.17, 15) is 30.3 Å². The summed E-state index contributed by atoms with van der Waals surface area (Å²) in [6.07, 6.45) is 17.3. The van der Waals surface area contributed by atoms with Crippen molar-refractivity contribution in [3.05, 3.63) is 106 Å². The number of aliphatic hydroxyl groups is 5. The van der Waals surface area contributed by atoms with Crippen molar-refractivity contribution in [3.63, 3.8) is 0 Å². The minimum atomic E-state index is -1.24. The molecule has 8 N–H and O–H groups in total. The molecule has 4 aliphatic rings. The number of aliphatic hydroxyl groups excluding tert-OH is 4. The predicted octanol–water partition coefficient (Wildman–Crippen LogP) is 4.88. The van der Waals surface area contributed by atoms with Gasteiger partial charge in [0.2, 0.25) is 0 Å². The Bertz CT molecular complexity index is 1740. The van der Waals surface area contributed by atoms with Gasteiger partial charge in [0.1, 0.15) is 12.5 Å². The Morgan fingerprint density at radius 2 is 1.83 bits per heavy atom. The van der Waals surface area contributed by atoms with Gasteiger partial charge in [0.05, 0.1) is 18.3 Å². The summed E-state index contributed by atoms with van der Waals surface area (Å²) in [7, 11) is 5.52. The van der Waals surface area contributed by atoms with Crippen LogP contribution in [-0.2, 0) is 22.4 Å². The number of allylic oxidation sites excluding steroid dienone is 9. The summed E-state index contributed by atoms with van der Waals surface area (Å²) in [4.78, 5) is 12.3. The second-order valence-corrected chi connectivity index (χ2v) is 18.0. The molecule has 4 bridgehead atoms. The summed E-state index contributed by atoms with van der Waals surface area (Å²) in [6.45, 7) is 9.94. The molecule has 10 atom stereocenters. The van der Waals surface area contributed by atoms with Crippen molar-refractivity contribution in [1.29, 1.82) is 0 Å². The number of nitrogens with one attached hydrogen (secondary N) is 3. The highest BCUT2D eigenvalue weighted by molar-refractivity contribution is 5.74. The van der Waals surface area contributed by atoms with Gasteiger partial charge >= 0.3 is 0 Å². The van der Waals surface area contributed by atoms with E-state index in [0.717, 1.165) is 55.2 Å². The van der Waals surface area contributed by atoms with Gasteiger partial charge in [0, 0.05) is 43.1 Å². The summed E-state index contributed by atoms with van der Waals surface area (Å²) >= 11 is 0. The molecule has 1 aromatic rings. The summed E-state index contributed by atoms with van der Waals surface area (Å²) in [5, 5.41) is 68.0. The van der Waals surface area contributed by atoms with Crippen molar-refractivity contribution < 1.29 is 35.1 Å². The molecule has 5 rings (SSSR count). The average Bonchev–Trinajstić information content (AvgIpc) is 3.57. The lowest BCUT2D eigenvalue weighted by Gasteiger charge is -2.61. The van der Waals surface area contributed by atoms with Gasteiger partial charge in [-0.1, -0.05) is 78.4 Å². The topological polar surface area (TPSA) is 164 Å². The highest BCUT2D eigenvalue weighted by Crippen LogP contribution is 2.67. The lowest BCUT2D eigenvalue weighted by Crippen LogP contribution is -2.65. The maximum Gasteiger partial charge on any atom is 0.145 e. The van der Waals surface area contributed by atoms with E-state index in [1.54, 1.807) is 7.11 Å². The van der Waals surface area contributed by atoms with Crippen LogP contribution >= 0.6 is 0 Å². The van der Waals surface area contributed by atoms with Crippen LogP contribution in [0.25, 0.3) is 0 Å². The lowest BCUT2D eigenvalue weighted by molar-refractivity contribution is -0.194. The molecule has 1 aliphatic heterocycles. The Kier molecular flexibility index (Phi) is 16.9. The number of rotatable bonds is 17. The van der Waals surface area contributed by atoms with Gasteiger partial charge in [0.15, 0.2) is 0 Å². The first-order chi connectivity index (χ1) is 28.4. The standard InChI is InChI=1S/C49H73N3O7/c1-33(39-14-13-34(2)46(57)52-47(20-23-50-4,22-26-59-6)29-37-11-8-10-36(27-37)28-39)9-7-12-41(32-55)42-17-19-49(45(42)56)44-38(18-25-53)15-16-40(43(44)35(3)31-54)30-48(49,58)21-24-51-5/h7-13,15-16,27,31,38-40,42,44-46,50-53,55-58H,1,14,17-26,28-30,32H2,2-6H3/b9-7+,34-13+,41-12-,43-35?/t38-,39-,40-,42-,44-,45+,46+,47-,48+,49+/m0/s1. The van der Waals surface area contributed by atoms with E-state index >= 15 is 0 Å². The average molecular weight is 816 g/mol.